The highest BCUT2D eigenvalue weighted by molar-refractivity contribution is 6.30. The zero-order valence-corrected chi connectivity index (χ0v) is 20.2. The molecule has 4 aromatic rings. The van der Waals surface area contributed by atoms with E-state index in [0.717, 1.165) is 17.2 Å². The molecule has 0 bridgehead atoms. The Morgan fingerprint density at radius 1 is 0.968 bits per heavy atom. The molecule has 2 aromatic heterocycles. The van der Waals surface area contributed by atoms with Gasteiger partial charge in [-0.2, -0.15) is 0 Å². The van der Waals surface area contributed by atoms with E-state index < -0.39 is 0 Å². The summed E-state index contributed by atoms with van der Waals surface area (Å²) < 4.78 is 2.27. The van der Waals surface area contributed by atoms with E-state index in [0.29, 0.717) is 5.92 Å². The van der Waals surface area contributed by atoms with E-state index in [1.807, 2.05) is 38.2 Å². The summed E-state index contributed by atoms with van der Waals surface area (Å²) in [6, 6.07) is 21.3. The van der Waals surface area contributed by atoms with E-state index in [1.54, 1.807) is 0 Å². The standard InChI is InChI=1S/C26H27ClN2.C2H6/c1-18(2)26(4,21-11-7-19(3)8-12-21)24-17-29(25-23(24)6-5-15-28-25)16-20-9-13-22(27)14-10-20;1-2/h5-15,17-18H,16H2,1-4H3;1-2H3. The van der Waals surface area contributed by atoms with Crippen molar-refractivity contribution in [3.63, 3.8) is 0 Å². The third-order valence-electron chi connectivity index (χ3n) is 6.27. The summed E-state index contributed by atoms with van der Waals surface area (Å²) in [5.74, 6) is 0.431. The van der Waals surface area contributed by atoms with E-state index in [1.165, 1.54) is 27.6 Å². The molecule has 0 saturated heterocycles. The van der Waals surface area contributed by atoms with Gasteiger partial charge in [0.05, 0.1) is 0 Å². The first-order valence-corrected chi connectivity index (χ1v) is 11.5. The van der Waals surface area contributed by atoms with E-state index in [-0.39, 0.29) is 5.41 Å². The van der Waals surface area contributed by atoms with Gasteiger partial charge < -0.3 is 4.57 Å². The normalized spacial score (nSPS) is 13.0. The summed E-state index contributed by atoms with van der Waals surface area (Å²) >= 11 is 6.07. The lowest BCUT2D eigenvalue weighted by Crippen LogP contribution is -2.30. The molecule has 0 aliphatic heterocycles. The van der Waals surface area contributed by atoms with Crippen molar-refractivity contribution in [1.29, 1.82) is 0 Å². The number of hydrogen-bond donors (Lipinski definition) is 0. The molecular formula is C28H33ClN2. The highest BCUT2D eigenvalue weighted by atomic mass is 35.5. The van der Waals surface area contributed by atoms with Crippen LogP contribution in [0.15, 0.2) is 73.1 Å². The smallest absolute Gasteiger partial charge is 0.140 e. The molecular weight excluding hydrogens is 400 g/mol. The van der Waals surface area contributed by atoms with Crippen LogP contribution in [0.2, 0.25) is 5.02 Å². The SMILES string of the molecule is CC.Cc1ccc(C(C)(c2cn(Cc3ccc(Cl)cc3)c3ncccc23)C(C)C)cc1. The van der Waals surface area contributed by atoms with Crippen molar-refractivity contribution in [2.45, 2.75) is 53.5 Å². The quantitative estimate of drug-likeness (QED) is 0.312. The van der Waals surface area contributed by atoms with E-state index in [4.69, 9.17) is 16.6 Å². The van der Waals surface area contributed by atoms with E-state index in [2.05, 4.69) is 80.9 Å². The second-order valence-electron chi connectivity index (χ2n) is 8.39. The van der Waals surface area contributed by atoms with Crippen LogP contribution in [0.4, 0.5) is 0 Å². The Morgan fingerprint density at radius 3 is 2.23 bits per heavy atom. The molecule has 0 N–H and O–H groups in total. The van der Waals surface area contributed by atoms with Crippen molar-refractivity contribution in [3.05, 3.63) is 100 Å². The number of hydrogen-bond acceptors (Lipinski definition) is 1. The molecule has 0 radical (unpaired) electrons. The van der Waals surface area contributed by atoms with Gasteiger partial charge in [-0.15, -0.1) is 0 Å². The first kappa shape index (κ1) is 23.1. The predicted octanol–water partition coefficient (Wildman–Crippen LogP) is 8.03. The van der Waals surface area contributed by atoms with Gasteiger partial charge >= 0.3 is 0 Å². The van der Waals surface area contributed by atoms with Crippen LogP contribution in [0.25, 0.3) is 11.0 Å². The van der Waals surface area contributed by atoms with E-state index >= 15 is 0 Å². The Hall–Kier alpha value is -2.58. The Morgan fingerprint density at radius 2 is 1.61 bits per heavy atom. The molecule has 0 spiro atoms. The van der Waals surface area contributed by atoms with Crippen molar-refractivity contribution in [2.24, 2.45) is 5.92 Å². The molecule has 0 aliphatic carbocycles. The predicted molar refractivity (Wildman–Crippen MR) is 134 cm³/mol. The average Bonchev–Trinajstić information content (AvgIpc) is 3.15. The Balaban J connectivity index is 0.00000132. The summed E-state index contributed by atoms with van der Waals surface area (Å²) in [6.07, 6.45) is 4.18. The Kier molecular flexibility index (Phi) is 7.23. The molecule has 0 amide bonds. The minimum Gasteiger partial charge on any atom is -0.328 e. The lowest BCUT2D eigenvalue weighted by Gasteiger charge is -2.34. The number of aromatic nitrogens is 2. The molecule has 1 atom stereocenters. The number of benzene rings is 2. The third-order valence-corrected chi connectivity index (χ3v) is 6.52. The van der Waals surface area contributed by atoms with Crippen molar-refractivity contribution >= 4 is 22.6 Å². The van der Waals surface area contributed by atoms with Gasteiger partial charge in [-0.25, -0.2) is 4.98 Å². The lowest BCUT2D eigenvalue weighted by atomic mass is 9.68. The van der Waals surface area contributed by atoms with Crippen LogP contribution >= 0.6 is 11.6 Å². The molecule has 31 heavy (non-hydrogen) atoms. The van der Waals surface area contributed by atoms with Gasteiger partial charge in [0, 0.05) is 34.8 Å². The summed E-state index contributed by atoms with van der Waals surface area (Å²) in [5.41, 5.74) is 6.08. The second-order valence-corrected chi connectivity index (χ2v) is 8.83. The molecule has 2 nitrogen and oxygen atoms in total. The average molecular weight is 433 g/mol. The summed E-state index contributed by atoms with van der Waals surface area (Å²) in [7, 11) is 0. The van der Waals surface area contributed by atoms with Crippen LogP contribution in [0, 0.1) is 12.8 Å². The molecule has 0 aliphatic rings. The summed E-state index contributed by atoms with van der Waals surface area (Å²) in [6.45, 7) is 13.9. The number of aryl methyl sites for hydroxylation is 1. The van der Waals surface area contributed by atoms with Gasteiger partial charge in [0.25, 0.3) is 0 Å². The summed E-state index contributed by atoms with van der Waals surface area (Å²) in [5, 5.41) is 1.98. The highest BCUT2D eigenvalue weighted by Crippen LogP contribution is 2.42. The first-order valence-electron chi connectivity index (χ1n) is 11.2. The maximum Gasteiger partial charge on any atom is 0.140 e. The van der Waals surface area contributed by atoms with Crippen molar-refractivity contribution < 1.29 is 0 Å². The fourth-order valence-corrected chi connectivity index (χ4v) is 4.27. The minimum atomic E-state index is -0.111. The molecule has 0 fully saturated rings. The molecule has 162 valence electrons. The maximum atomic E-state index is 6.07. The van der Waals surface area contributed by atoms with Crippen molar-refractivity contribution in [1.82, 2.24) is 9.55 Å². The highest BCUT2D eigenvalue weighted by Gasteiger charge is 2.35. The van der Waals surface area contributed by atoms with Gasteiger partial charge in [0.1, 0.15) is 5.65 Å². The second kappa shape index (κ2) is 9.70. The molecule has 0 saturated carbocycles. The fraction of sp³-hybridized carbons (Fsp3) is 0.321. The van der Waals surface area contributed by atoms with Crippen LogP contribution < -0.4 is 0 Å². The van der Waals surface area contributed by atoms with Crippen LogP contribution in [0.1, 0.15) is 56.9 Å². The van der Waals surface area contributed by atoms with Crippen LogP contribution in [-0.4, -0.2) is 9.55 Å². The number of nitrogens with zero attached hydrogens (tertiary/aromatic N) is 2. The number of pyridine rings is 1. The van der Waals surface area contributed by atoms with Gasteiger partial charge in [-0.05, 0) is 53.8 Å². The lowest BCUT2D eigenvalue weighted by molar-refractivity contribution is 0.407. The topological polar surface area (TPSA) is 17.8 Å². The van der Waals surface area contributed by atoms with Gasteiger partial charge in [0.2, 0.25) is 0 Å². The molecule has 2 aromatic carbocycles. The first-order chi connectivity index (χ1) is 14.9. The number of fused-ring (bicyclic) bond motifs is 1. The molecule has 4 rings (SSSR count). The minimum absolute atomic E-state index is 0.111. The Labute approximate surface area is 191 Å². The third kappa shape index (κ3) is 4.55. The maximum absolute atomic E-state index is 6.07. The number of halogens is 1. The van der Waals surface area contributed by atoms with Gasteiger partial charge in [-0.1, -0.05) is 88.2 Å². The van der Waals surface area contributed by atoms with E-state index in [9.17, 15) is 0 Å². The zero-order valence-electron chi connectivity index (χ0n) is 19.5. The molecule has 2 heterocycles. The van der Waals surface area contributed by atoms with Gasteiger partial charge in [-0.3, -0.25) is 0 Å². The van der Waals surface area contributed by atoms with Crippen molar-refractivity contribution in [2.75, 3.05) is 0 Å². The fourth-order valence-electron chi connectivity index (χ4n) is 4.14. The van der Waals surface area contributed by atoms with Crippen LogP contribution in [0.5, 0.6) is 0 Å². The molecule has 1 unspecified atom stereocenters. The molecule has 3 heteroatoms. The summed E-state index contributed by atoms with van der Waals surface area (Å²) in [4.78, 5) is 4.73. The monoisotopic (exact) mass is 432 g/mol. The number of rotatable bonds is 5. The van der Waals surface area contributed by atoms with Crippen LogP contribution in [0.3, 0.4) is 0 Å². The zero-order chi connectivity index (χ0) is 22.6. The van der Waals surface area contributed by atoms with Crippen molar-refractivity contribution in [3.8, 4) is 0 Å². The van der Waals surface area contributed by atoms with Gasteiger partial charge in [0.15, 0.2) is 0 Å². The van der Waals surface area contributed by atoms with Crippen LogP contribution in [-0.2, 0) is 12.0 Å². The Bertz CT molecular complexity index is 1120. The largest absolute Gasteiger partial charge is 0.328 e.